The summed E-state index contributed by atoms with van der Waals surface area (Å²) in [6.07, 6.45) is 14.6. The van der Waals surface area contributed by atoms with E-state index in [0.717, 1.165) is 46.0 Å². The van der Waals surface area contributed by atoms with E-state index in [1.807, 2.05) is 30.0 Å². The van der Waals surface area contributed by atoms with E-state index in [2.05, 4.69) is 35.8 Å². The smallest absolute Gasteiger partial charge is 0.262 e. The zero-order valence-electron chi connectivity index (χ0n) is 21.0. The molecular formula is C27H32N8OS. The van der Waals surface area contributed by atoms with Gasteiger partial charge >= 0.3 is 0 Å². The van der Waals surface area contributed by atoms with Crippen LogP contribution in [-0.4, -0.2) is 43.3 Å². The van der Waals surface area contributed by atoms with Crippen molar-refractivity contribution in [3.05, 3.63) is 53.6 Å². The number of aromatic amines is 1. The third-order valence-corrected chi connectivity index (χ3v) is 8.47. The van der Waals surface area contributed by atoms with Gasteiger partial charge in [-0.05, 0) is 30.9 Å². The number of hydrogen-bond acceptors (Lipinski definition) is 8. The number of amides is 1. The van der Waals surface area contributed by atoms with E-state index in [4.69, 9.17) is 0 Å². The molecule has 1 aliphatic heterocycles. The molecule has 1 fully saturated rings. The van der Waals surface area contributed by atoms with E-state index >= 15 is 0 Å². The van der Waals surface area contributed by atoms with Crippen molar-refractivity contribution in [2.75, 3.05) is 15.5 Å². The van der Waals surface area contributed by atoms with Crippen molar-refractivity contribution >= 4 is 44.8 Å². The van der Waals surface area contributed by atoms with Gasteiger partial charge in [0.25, 0.3) is 5.91 Å². The van der Waals surface area contributed by atoms with Gasteiger partial charge in [-0.3, -0.25) is 14.8 Å². The van der Waals surface area contributed by atoms with Crippen LogP contribution in [0.25, 0.3) is 10.3 Å². The Bertz CT molecular complexity index is 1360. The fourth-order valence-electron chi connectivity index (χ4n) is 5.86. The lowest BCUT2D eigenvalue weighted by molar-refractivity contribution is 0.0971. The zero-order chi connectivity index (χ0) is 25.2. The highest BCUT2D eigenvalue weighted by molar-refractivity contribution is 7.16. The van der Waals surface area contributed by atoms with Crippen LogP contribution in [0, 0.1) is 12.8 Å². The third-order valence-electron chi connectivity index (χ3n) is 7.74. The van der Waals surface area contributed by atoms with Crippen LogP contribution >= 0.6 is 11.3 Å². The number of H-pyrrole nitrogens is 1. The predicted molar refractivity (Wildman–Crippen MR) is 147 cm³/mol. The summed E-state index contributed by atoms with van der Waals surface area (Å²) in [7, 11) is 0. The van der Waals surface area contributed by atoms with Crippen LogP contribution in [0.1, 0.15) is 67.3 Å². The van der Waals surface area contributed by atoms with Crippen molar-refractivity contribution in [1.82, 2.24) is 25.1 Å². The Kier molecular flexibility index (Phi) is 6.73. The van der Waals surface area contributed by atoms with Gasteiger partial charge in [-0.1, -0.05) is 57.1 Å². The van der Waals surface area contributed by atoms with E-state index in [-0.39, 0.29) is 18.1 Å². The average Bonchev–Trinajstić information content (AvgIpc) is 3.61. The number of rotatable bonds is 8. The topological polar surface area (TPSA) is 112 Å². The highest BCUT2D eigenvalue weighted by atomic mass is 32.1. The molecular weight excluding hydrogens is 484 g/mol. The highest BCUT2D eigenvalue weighted by Gasteiger charge is 2.39. The number of anilines is 3. The molecule has 3 aromatic heterocycles. The number of hydrogen-bond donors (Lipinski definition) is 3. The molecule has 10 heteroatoms. The number of benzene rings is 1. The van der Waals surface area contributed by atoms with Crippen LogP contribution < -0.4 is 15.5 Å². The lowest BCUT2D eigenvalue weighted by Crippen LogP contribution is -2.57. The molecule has 9 nitrogen and oxygen atoms in total. The van der Waals surface area contributed by atoms with Crippen molar-refractivity contribution in [2.24, 2.45) is 5.92 Å². The first-order valence-electron chi connectivity index (χ1n) is 13.2. The minimum atomic E-state index is -0.339. The quantitative estimate of drug-likeness (QED) is 0.273. The average molecular weight is 517 g/mol. The third kappa shape index (κ3) is 4.77. The first kappa shape index (κ1) is 23.8. The largest absolute Gasteiger partial charge is 0.362 e. The summed E-state index contributed by atoms with van der Waals surface area (Å²) in [6, 6.07) is 5.85. The number of nitrogens with one attached hydrogen (secondary N) is 3. The van der Waals surface area contributed by atoms with Crippen LogP contribution in [0.4, 0.5) is 17.2 Å². The molecule has 1 aliphatic carbocycles. The maximum absolute atomic E-state index is 14.0. The molecule has 4 aromatic rings. The van der Waals surface area contributed by atoms with Gasteiger partial charge in [0, 0.05) is 11.9 Å². The van der Waals surface area contributed by atoms with Crippen molar-refractivity contribution < 1.29 is 4.79 Å². The van der Waals surface area contributed by atoms with Crippen LogP contribution in [0.15, 0.2) is 42.4 Å². The minimum absolute atomic E-state index is 0.0289. The van der Waals surface area contributed by atoms with Crippen LogP contribution in [-0.2, 0) is 0 Å². The molecule has 0 bridgehead atoms. The Morgan fingerprint density at radius 2 is 2.08 bits per heavy atom. The Hall–Kier alpha value is -3.53. The lowest BCUT2D eigenvalue weighted by Gasteiger charge is -2.42. The molecule has 1 unspecified atom stereocenters. The fraction of sp³-hybridized carbons (Fsp3) is 0.444. The minimum Gasteiger partial charge on any atom is -0.362 e. The molecule has 2 aliphatic rings. The summed E-state index contributed by atoms with van der Waals surface area (Å²) in [5.41, 5.74) is 5.79. The fourth-order valence-corrected chi connectivity index (χ4v) is 6.49. The number of carbonyl (C=O) groups is 1. The molecule has 1 saturated carbocycles. The van der Waals surface area contributed by atoms with Crippen molar-refractivity contribution in [3.63, 3.8) is 0 Å². The van der Waals surface area contributed by atoms with Gasteiger partial charge in [0.1, 0.15) is 22.8 Å². The van der Waals surface area contributed by atoms with Gasteiger partial charge in [-0.2, -0.15) is 5.10 Å². The second kappa shape index (κ2) is 10.5. The van der Waals surface area contributed by atoms with E-state index in [9.17, 15) is 4.79 Å². The number of thiazole rings is 1. The Balaban J connectivity index is 1.35. The van der Waals surface area contributed by atoms with E-state index in [0.29, 0.717) is 11.4 Å². The summed E-state index contributed by atoms with van der Waals surface area (Å²) < 4.78 is 0. The van der Waals surface area contributed by atoms with Crippen molar-refractivity contribution in [1.29, 1.82) is 0 Å². The van der Waals surface area contributed by atoms with E-state index < -0.39 is 0 Å². The van der Waals surface area contributed by atoms with Crippen LogP contribution in [0.5, 0.6) is 0 Å². The Morgan fingerprint density at radius 1 is 1.19 bits per heavy atom. The molecule has 3 N–H and O–H groups in total. The second-order valence-corrected chi connectivity index (χ2v) is 11.0. The maximum Gasteiger partial charge on any atom is 0.262 e. The van der Waals surface area contributed by atoms with Crippen molar-refractivity contribution in [3.8, 4) is 0 Å². The van der Waals surface area contributed by atoms with Crippen LogP contribution in [0.3, 0.4) is 0 Å². The number of aryl methyl sites for hydroxylation is 1. The van der Waals surface area contributed by atoms with Gasteiger partial charge in [0.2, 0.25) is 0 Å². The van der Waals surface area contributed by atoms with Gasteiger partial charge in [-0.25, -0.2) is 15.0 Å². The standard InChI is InChI=1S/C27H32N8OS/c1-17-7-5-11-20-22(17)27(36)35(19-13-31-32-14-19)25(34-20)21(12-6-10-18-8-3-2-4-9-18)33-24-23-26(29-15-28-24)37-16-30-23/h5,7,11,13-16,18,21,25,34H,2-4,6,8-10,12H2,1H3,(H,31,32)(H,28,29,33)/t21-,25?/m0/s1. The lowest BCUT2D eigenvalue weighted by atomic mass is 9.85. The van der Waals surface area contributed by atoms with Gasteiger partial charge in [0.05, 0.1) is 29.0 Å². The van der Waals surface area contributed by atoms with E-state index in [1.165, 1.54) is 49.9 Å². The molecule has 0 spiro atoms. The SMILES string of the molecule is Cc1cccc2c1C(=O)N(c1cn[nH]c1)C([C@H](CCCC1CCCCC1)Nc1ncnc3scnc13)N2. The molecule has 1 amide bonds. The molecule has 1 aromatic carbocycles. The number of fused-ring (bicyclic) bond motifs is 2. The Morgan fingerprint density at radius 3 is 2.92 bits per heavy atom. The number of nitrogens with zero attached hydrogens (tertiary/aromatic N) is 5. The molecule has 0 saturated heterocycles. The zero-order valence-corrected chi connectivity index (χ0v) is 21.8. The number of carbonyl (C=O) groups excluding carboxylic acids is 1. The first-order valence-corrected chi connectivity index (χ1v) is 14.1. The molecule has 192 valence electrons. The predicted octanol–water partition coefficient (Wildman–Crippen LogP) is 5.75. The Labute approximate surface area is 220 Å². The first-order chi connectivity index (χ1) is 18.2. The highest BCUT2D eigenvalue weighted by Crippen LogP contribution is 2.35. The summed E-state index contributed by atoms with van der Waals surface area (Å²) in [5.74, 6) is 1.47. The van der Waals surface area contributed by atoms with Gasteiger partial charge in [0.15, 0.2) is 5.82 Å². The summed E-state index contributed by atoms with van der Waals surface area (Å²) >= 11 is 1.50. The molecule has 6 rings (SSSR count). The maximum atomic E-state index is 14.0. The van der Waals surface area contributed by atoms with Crippen molar-refractivity contribution in [2.45, 2.75) is 70.5 Å². The molecule has 4 heterocycles. The molecule has 0 radical (unpaired) electrons. The monoisotopic (exact) mass is 516 g/mol. The molecule has 37 heavy (non-hydrogen) atoms. The van der Waals surface area contributed by atoms with Gasteiger partial charge < -0.3 is 10.6 Å². The second-order valence-electron chi connectivity index (χ2n) is 10.1. The summed E-state index contributed by atoms with van der Waals surface area (Å²) in [5, 5.41) is 14.4. The summed E-state index contributed by atoms with van der Waals surface area (Å²) in [6.45, 7) is 1.98. The molecule has 2 atom stereocenters. The van der Waals surface area contributed by atoms with E-state index in [1.54, 1.807) is 24.2 Å². The normalized spacial score (nSPS) is 19.0. The summed E-state index contributed by atoms with van der Waals surface area (Å²) in [4.78, 5) is 30.1. The number of aromatic nitrogens is 5. The van der Waals surface area contributed by atoms with Crippen LogP contribution in [0.2, 0.25) is 0 Å². The van der Waals surface area contributed by atoms with Gasteiger partial charge in [-0.15, -0.1) is 11.3 Å².